The van der Waals surface area contributed by atoms with Crippen molar-refractivity contribution >= 4 is 17.4 Å². The molecule has 2 aromatic heterocycles. The van der Waals surface area contributed by atoms with Crippen LogP contribution in [0.25, 0.3) is 0 Å². The Kier molecular flexibility index (Phi) is 4.93. The summed E-state index contributed by atoms with van der Waals surface area (Å²) < 4.78 is 43.1. The molecule has 0 spiro atoms. The van der Waals surface area contributed by atoms with Gasteiger partial charge in [-0.15, -0.1) is 0 Å². The molecular weight excluding hydrogens is 423 g/mol. The van der Waals surface area contributed by atoms with Gasteiger partial charge in [-0.05, 0) is 42.8 Å². The third-order valence-electron chi connectivity index (χ3n) is 5.05. The molecule has 1 amide bonds. The fraction of sp³-hybridized carbons (Fsp3) is 0.190. The van der Waals surface area contributed by atoms with Gasteiger partial charge in [-0.2, -0.15) is 18.4 Å². The molecule has 4 rings (SSSR count). The van der Waals surface area contributed by atoms with Crippen molar-refractivity contribution in [2.45, 2.75) is 25.2 Å². The molecule has 0 saturated carbocycles. The molecule has 32 heavy (non-hydrogen) atoms. The number of anilines is 1. The van der Waals surface area contributed by atoms with Crippen LogP contribution in [-0.2, 0) is 18.3 Å². The van der Waals surface area contributed by atoms with Crippen molar-refractivity contribution in [2.24, 2.45) is 10.7 Å². The number of hydrogen-bond acceptors (Lipinski definition) is 6. The minimum absolute atomic E-state index is 0.0174. The van der Waals surface area contributed by atoms with E-state index in [0.29, 0.717) is 5.82 Å². The van der Waals surface area contributed by atoms with E-state index in [9.17, 15) is 18.0 Å². The van der Waals surface area contributed by atoms with E-state index in [1.165, 1.54) is 37.4 Å². The molecule has 1 aliphatic rings. The van der Waals surface area contributed by atoms with E-state index in [4.69, 9.17) is 11.0 Å². The molecule has 1 unspecified atom stereocenters. The summed E-state index contributed by atoms with van der Waals surface area (Å²) in [4.78, 5) is 24.8. The number of nitrogens with two attached hydrogens (primary N) is 1. The van der Waals surface area contributed by atoms with Gasteiger partial charge >= 0.3 is 6.18 Å². The van der Waals surface area contributed by atoms with E-state index >= 15 is 0 Å². The molecule has 162 valence electrons. The van der Waals surface area contributed by atoms with Gasteiger partial charge in [-0.25, -0.2) is 9.97 Å². The van der Waals surface area contributed by atoms with Crippen LogP contribution in [0.15, 0.2) is 53.8 Å². The second-order valence-electron chi connectivity index (χ2n) is 7.38. The first kappa shape index (κ1) is 21.0. The van der Waals surface area contributed by atoms with Crippen molar-refractivity contribution in [1.29, 1.82) is 5.26 Å². The molecule has 1 aromatic carbocycles. The number of fused-ring (bicyclic) bond motifs is 1. The van der Waals surface area contributed by atoms with Crippen LogP contribution in [-0.4, -0.2) is 26.3 Å². The Balaban J connectivity index is 1.75. The summed E-state index contributed by atoms with van der Waals surface area (Å²) in [5.74, 6) is -0.269. The summed E-state index contributed by atoms with van der Waals surface area (Å²) >= 11 is 0. The van der Waals surface area contributed by atoms with Crippen LogP contribution in [0, 0.1) is 11.3 Å². The SMILES string of the molecule is CC1(c2cc(NC(=O)c3cccc(C#N)n3)ccc2C(F)(F)F)Cn2ccnc2C(N)=N1. The zero-order valence-corrected chi connectivity index (χ0v) is 16.7. The highest BCUT2D eigenvalue weighted by Crippen LogP contribution is 2.41. The summed E-state index contributed by atoms with van der Waals surface area (Å²) in [7, 11) is 0. The average molecular weight is 439 g/mol. The normalized spacial score (nSPS) is 17.8. The maximum Gasteiger partial charge on any atom is 0.416 e. The molecule has 0 aliphatic carbocycles. The number of rotatable bonds is 3. The Morgan fingerprint density at radius 1 is 1.31 bits per heavy atom. The molecule has 3 aromatic rings. The lowest BCUT2D eigenvalue weighted by atomic mass is 9.86. The van der Waals surface area contributed by atoms with Gasteiger partial charge in [0.1, 0.15) is 23.0 Å². The number of halogens is 3. The first-order valence-corrected chi connectivity index (χ1v) is 9.38. The van der Waals surface area contributed by atoms with Crippen molar-refractivity contribution in [3.05, 3.63) is 77.1 Å². The number of alkyl halides is 3. The zero-order valence-electron chi connectivity index (χ0n) is 16.7. The molecule has 0 fully saturated rings. The number of imidazole rings is 1. The topological polar surface area (TPSA) is 122 Å². The lowest BCUT2D eigenvalue weighted by molar-refractivity contribution is -0.138. The predicted octanol–water partition coefficient (Wildman–Crippen LogP) is 3.06. The molecule has 1 atom stereocenters. The zero-order chi connectivity index (χ0) is 23.1. The number of carbonyl (C=O) groups is 1. The van der Waals surface area contributed by atoms with Crippen LogP contribution in [0.4, 0.5) is 18.9 Å². The van der Waals surface area contributed by atoms with Gasteiger partial charge in [-0.1, -0.05) is 6.07 Å². The first-order valence-electron chi connectivity index (χ1n) is 9.38. The first-order chi connectivity index (χ1) is 15.1. The Hall–Kier alpha value is -4.20. The number of aromatic nitrogens is 3. The number of hydrogen-bond donors (Lipinski definition) is 2. The van der Waals surface area contributed by atoms with Crippen molar-refractivity contribution in [2.75, 3.05) is 5.32 Å². The predicted molar refractivity (Wildman–Crippen MR) is 109 cm³/mol. The number of aliphatic imine (C=N–C) groups is 1. The Bertz CT molecular complexity index is 1290. The fourth-order valence-corrected chi connectivity index (χ4v) is 3.63. The fourth-order valence-electron chi connectivity index (χ4n) is 3.63. The third kappa shape index (κ3) is 3.78. The van der Waals surface area contributed by atoms with E-state index < -0.39 is 23.2 Å². The van der Waals surface area contributed by atoms with Crippen LogP contribution in [0.1, 0.15) is 40.1 Å². The van der Waals surface area contributed by atoms with Crippen molar-refractivity contribution in [3.63, 3.8) is 0 Å². The van der Waals surface area contributed by atoms with Gasteiger partial charge in [-0.3, -0.25) is 9.79 Å². The maximum atomic E-state index is 13.8. The van der Waals surface area contributed by atoms with E-state index in [0.717, 1.165) is 12.1 Å². The highest BCUT2D eigenvalue weighted by Gasteiger charge is 2.42. The Morgan fingerprint density at radius 3 is 2.81 bits per heavy atom. The van der Waals surface area contributed by atoms with Gasteiger partial charge in [0, 0.05) is 18.1 Å². The van der Waals surface area contributed by atoms with E-state index in [1.807, 2.05) is 6.07 Å². The van der Waals surface area contributed by atoms with Crippen molar-refractivity contribution in [1.82, 2.24) is 14.5 Å². The quantitative estimate of drug-likeness (QED) is 0.650. The largest absolute Gasteiger partial charge is 0.416 e. The van der Waals surface area contributed by atoms with Crippen LogP contribution in [0.2, 0.25) is 0 Å². The smallest absolute Gasteiger partial charge is 0.381 e. The van der Waals surface area contributed by atoms with Gasteiger partial charge < -0.3 is 15.6 Å². The van der Waals surface area contributed by atoms with Gasteiger partial charge in [0.15, 0.2) is 11.7 Å². The lowest BCUT2D eigenvalue weighted by Crippen LogP contribution is -2.38. The van der Waals surface area contributed by atoms with Crippen LogP contribution in [0.5, 0.6) is 0 Å². The number of nitrogens with zero attached hydrogens (tertiary/aromatic N) is 5. The Labute approximate surface area is 180 Å². The van der Waals surface area contributed by atoms with Gasteiger partial charge in [0.25, 0.3) is 5.91 Å². The van der Waals surface area contributed by atoms with Crippen molar-refractivity contribution < 1.29 is 18.0 Å². The van der Waals surface area contributed by atoms with E-state index in [-0.39, 0.29) is 35.0 Å². The number of nitriles is 1. The monoisotopic (exact) mass is 439 g/mol. The third-order valence-corrected chi connectivity index (χ3v) is 5.05. The minimum Gasteiger partial charge on any atom is -0.381 e. The van der Waals surface area contributed by atoms with Gasteiger partial charge in [0.2, 0.25) is 0 Å². The second kappa shape index (κ2) is 7.49. The van der Waals surface area contributed by atoms with Gasteiger partial charge in [0.05, 0.1) is 12.1 Å². The van der Waals surface area contributed by atoms with Crippen molar-refractivity contribution in [3.8, 4) is 6.07 Å². The number of amidine groups is 1. The molecule has 11 heteroatoms. The molecule has 3 heterocycles. The summed E-state index contributed by atoms with van der Waals surface area (Å²) in [6, 6.07) is 9.42. The molecule has 3 N–H and O–H groups in total. The molecule has 1 aliphatic heterocycles. The van der Waals surface area contributed by atoms with E-state index in [2.05, 4.69) is 20.3 Å². The lowest BCUT2D eigenvalue weighted by Gasteiger charge is -2.33. The maximum absolute atomic E-state index is 13.8. The standard InChI is InChI=1S/C21H16F3N7O/c1-20(11-31-8-7-27-18(31)17(26)30-20)15-9-12(5-6-14(15)21(22,23)24)29-19(32)16-4-2-3-13(10-25)28-16/h2-9H,11H2,1H3,(H2,26,30)(H,29,32). The minimum atomic E-state index is -4.65. The molecular formula is C21H16F3N7O. The Morgan fingerprint density at radius 2 is 2.09 bits per heavy atom. The number of benzene rings is 1. The number of carbonyl (C=O) groups excluding carboxylic acids is 1. The summed E-state index contributed by atoms with van der Waals surface area (Å²) in [6.07, 6.45) is -1.54. The summed E-state index contributed by atoms with van der Waals surface area (Å²) in [5.41, 5.74) is 3.69. The number of pyridine rings is 1. The number of amides is 1. The number of nitrogens with one attached hydrogen (secondary N) is 1. The summed E-state index contributed by atoms with van der Waals surface area (Å²) in [6.45, 7) is 1.62. The summed E-state index contributed by atoms with van der Waals surface area (Å²) in [5, 5.41) is 11.5. The molecule has 0 saturated heterocycles. The highest BCUT2D eigenvalue weighted by molar-refractivity contribution is 6.03. The van der Waals surface area contributed by atoms with E-state index in [1.54, 1.807) is 10.8 Å². The second-order valence-corrected chi connectivity index (χ2v) is 7.38. The van der Waals surface area contributed by atoms with Crippen LogP contribution >= 0.6 is 0 Å². The van der Waals surface area contributed by atoms with Crippen LogP contribution in [0.3, 0.4) is 0 Å². The molecule has 8 nitrogen and oxygen atoms in total. The molecule has 0 bridgehead atoms. The average Bonchev–Trinajstić information content (AvgIpc) is 3.21. The van der Waals surface area contributed by atoms with Crippen LogP contribution < -0.4 is 11.1 Å². The highest BCUT2D eigenvalue weighted by atomic mass is 19.4. The molecule has 0 radical (unpaired) electrons.